The molecule has 1 amide bonds. The summed E-state index contributed by atoms with van der Waals surface area (Å²) in [6.45, 7) is 5.44. The molecule has 6 nitrogen and oxygen atoms in total. The lowest BCUT2D eigenvalue weighted by atomic mass is 10.5. The lowest BCUT2D eigenvalue weighted by Gasteiger charge is -2.17. The molecular formula is C16H18ClN5OS3. The maximum absolute atomic E-state index is 12.0. The quantitative estimate of drug-likeness (QED) is 0.504. The predicted octanol–water partition coefficient (Wildman–Crippen LogP) is 4.09. The SMILES string of the molecule is CCN(CC)C(=O)CSc1nnc(SCc2cn3cc(Cl)ccc3n2)s1. The van der Waals surface area contributed by atoms with Crippen LogP contribution in [0.25, 0.3) is 5.65 Å². The zero-order chi connectivity index (χ0) is 18.5. The average molecular weight is 428 g/mol. The highest BCUT2D eigenvalue weighted by Gasteiger charge is 2.13. The fourth-order valence-corrected chi connectivity index (χ4v) is 5.30. The van der Waals surface area contributed by atoms with E-state index in [2.05, 4.69) is 15.2 Å². The van der Waals surface area contributed by atoms with Gasteiger partial charge in [-0.25, -0.2) is 4.98 Å². The Morgan fingerprint density at radius 3 is 2.65 bits per heavy atom. The molecule has 10 heteroatoms. The molecule has 0 aromatic carbocycles. The van der Waals surface area contributed by atoms with E-state index in [1.165, 1.54) is 23.1 Å². The Morgan fingerprint density at radius 2 is 1.92 bits per heavy atom. The van der Waals surface area contributed by atoms with Gasteiger partial charge < -0.3 is 9.30 Å². The van der Waals surface area contributed by atoms with Gasteiger partial charge in [0, 0.05) is 31.2 Å². The summed E-state index contributed by atoms with van der Waals surface area (Å²) in [5, 5.41) is 9.03. The summed E-state index contributed by atoms with van der Waals surface area (Å²) < 4.78 is 3.60. The van der Waals surface area contributed by atoms with Crippen LogP contribution in [0.4, 0.5) is 0 Å². The molecule has 0 N–H and O–H groups in total. The Bertz CT molecular complexity index is 893. The number of pyridine rings is 1. The number of rotatable bonds is 8. The molecule has 3 heterocycles. The van der Waals surface area contributed by atoms with E-state index < -0.39 is 0 Å². The summed E-state index contributed by atoms with van der Waals surface area (Å²) in [6, 6.07) is 3.72. The zero-order valence-corrected chi connectivity index (χ0v) is 17.6. The minimum absolute atomic E-state index is 0.132. The van der Waals surface area contributed by atoms with Crippen LogP contribution in [0, 0.1) is 0 Å². The molecule has 3 rings (SSSR count). The van der Waals surface area contributed by atoms with Gasteiger partial charge >= 0.3 is 0 Å². The van der Waals surface area contributed by atoms with E-state index in [1.807, 2.05) is 47.7 Å². The van der Waals surface area contributed by atoms with E-state index in [-0.39, 0.29) is 5.91 Å². The Morgan fingerprint density at radius 1 is 1.19 bits per heavy atom. The minimum Gasteiger partial charge on any atom is -0.343 e. The maximum atomic E-state index is 12.0. The monoisotopic (exact) mass is 427 g/mol. The van der Waals surface area contributed by atoms with E-state index in [0.29, 0.717) is 16.5 Å². The first-order valence-electron chi connectivity index (χ1n) is 8.09. The van der Waals surface area contributed by atoms with Crippen molar-refractivity contribution in [2.75, 3.05) is 18.8 Å². The highest BCUT2D eigenvalue weighted by molar-refractivity contribution is 8.03. The number of nitrogens with zero attached hydrogens (tertiary/aromatic N) is 5. The number of thioether (sulfide) groups is 2. The van der Waals surface area contributed by atoms with E-state index in [0.717, 1.165) is 33.1 Å². The Kier molecular flexibility index (Phi) is 6.80. The predicted molar refractivity (Wildman–Crippen MR) is 108 cm³/mol. The number of hydrogen-bond donors (Lipinski definition) is 0. The fourth-order valence-electron chi connectivity index (χ4n) is 2.33. The van der Waals surface area contributed by atoms with Crippen molar-refractivity contribution in [3.05, 3.63) is 35.2 Å². The van der Waals surface area contributed by atoms with Crippen LogP contribution >= 0.6 is 46.5 Å². The van der Waals surface area contributed by atoms with Crippen molar-refractivity contribution in [2.24, 2.45) is 0 Å². The third-order valence-corrected chi connectivity index (χ3v) is 7.06. The molecule has 0 aliphatic heterocycles. The first-order valence-corrected chi connectivity index (χ1v) is 11.3. The highest BCUT2D eigenvalue weighted by Crippen LogP contribution is 2.30. The lowest BCUT2D eigenvalue weighted by Crippen LogP contribution is -2.31. The Labute approximate surface area is 169 Å². The van der Waals surface area contributed by atoms with Gasteiger partial charge in [0.25, 0.3) is 0 Å². The van der Waals surface area contributed by atoms with Gasteiger partial charge in [0.05, 0.1) is 16.5 Å². The summed E-state index contributed by atoms with van der Waals surface area (Å²) >= 11 is 10.5. The second kappa shape index (κ2) is 9.07. The van der Waals surface area contributed by atoms with Crippen molar-refractivity contribution in [3.8, 4) is 0 Å². The molecule has 0 bridgehead atoms. The number of carbonyl (C=O) groups is 1. The molecule has 0 fully saturated rings. The van der Waals surface area contributed by atoms with Crippen LogP contribution in [0.5, 0.6) is 0 Å². The third-order valence-electron chi connectivity index (χ3n) is 3.63. The molecule has 0 saturated heterocycles. The van der Waals surface area contributed by atoms with Gasteiger partial charge in [0.2, 0.25) is 5.91 Å². The van der Waals surface area contributed by atoms with Crippen molar-refractivity contribution in [1.82, 2.24) is 24.5 Å². The topological polar surface area (TPSA) is 63.4 Å². The molecule has 0 aliphatic carbocycles. The number of halogens is 1. The molecule has 26 heavy (non-hydrogen) atoms. The second-order valence-corrected chi connectivity index (χ2v) is 9.18. The van der Waals surface area contributed by atoms with Crippen molar-refractivity contribution in [2.45, 2.75) is 28.3 Å². The molecule has 3 aromatic rings. The van der Waals surface area contributed by atoms with Gasteiger partial charge in [-0.1, -0.05) is 46.5 Å². The number of aromatic nitrogens is 4. The van der Waals surface area contributed by atoms with Gasteiger partial charge in [0.15, 0.2) is 8.68 Å². The van der Waals surface area contributed by atoms with Crippen molar-refractivity contribution in [3.63, 3.8) is 0 Å². The number of hydrogen-bond acceptors (Lipinski definition) is 7. The van der Waals surface area contributed by atoms with Crippen LogP contribution < -0.4 is 0 Å². The first-order chi connectivity index (χ1) is 12.6. The van der Waals surface area contributed by atoms with Gasteiger partial charge in [-0.15, -0.1) is 10.2 Å². The molecule has 0 unspecified atom stereocenters. The number of carbonyl (C=O) groups excluding carboxylic acids is 1. The number of amides is 1. The van der Waals surface area contributed by atoms with Gasteiger partial charge in [-0.05, 0) is 26.0 Å². The van der Waals surface area contributed by atoms with E-state index in [1.54, 1.807) is 11.8 Å². The van der Waals surface area contributed by atoms with Crippen molar-refractivity contribution < 1.29 is 4.79 Å². The molecular weight excluding hydrogens is 410 g/mol. The smallest absolute Gasteiger partial charge is 0.233 e. The summed E-state index contributed by atoms with van der Waals surface area (Å²) in [6.07, 6.45) is 3.80. The van der Waals surface area contributed by atoms with Crippen LogP contribution in [0.1, 0.15) is 19.5 Å². The normalized spacial score (nSPS) is 11.2. The third kappa shape index (κ3) is 4.91. The molecule has 0 aliphatic rings. The van der Waals surface area contributed by atoms with Crippen LogP contribution in [0.2, 0.25) is 5.02 Å². The first kappa shape index (κ1) is 19.5. The molecule has 3 aromatic heterocycles. The lowest BCUT2D eigenvalue weighted by molar-refractivity contribution is -0.127. The summed E-state index contributed by atoms with van der Waals surface area (Å²) in [5.74, 6) is 1.23. The zero-order valence-electron chi connectivity index (χ0n) is 14.4. The summed E-state index contributed by atoms with van der Waals surface area (Å²) in [4.78, 5) is 18.4. The number of fused-ring (bicyclic) bond motifs is 1. The molecule has 138 valence electrons. The van der Waals surface area contributed by atoms with Crippen LogP contribution in [0.3, 0.4) is 0 Å². The highest BCUT2D eigenvalue weighted by atomic mass is 35.5. The molecule has 0 radical (unpaired) electrons. The van der Waals surface area contributed by atoms with Crippen LogP contribution in [-0.4, -0.2) is 49.2 Å². The average Bonchev–Trinajstić information content (AvgIpc) is 3.25. The molecule has 0 atom stereocenters. The standard InChI is InChI=1S/C16H18ClN5OS3/c1-3-21(4-2)14(23)10-25-16-20-19-15(26-16)24-9-12-8-22-7-11(17)5-6-13(22)18-12/h5-8H,3-4,9-10H2,1-2H3. The van der Waals surface area contributed by atoms with Crippen LogP contribution in [-0.2, 0) is 10.5 Å². The van der Waals surface area contributed by atoms with Crippen molar-refractivity contribution in [1.29, 1.82) is 0 Å². The molecule has 0 saturated carbocycles. The van der Waals surface area contributed by atoms with Gasteiger partial charge in [-0.3, -0.25) is 4.79 Å². The van der Waals surface area contributed by atoms with E-state index in [9.17, 15) is 4.79 Å². The van der Waals surface area contributed by atoms with Gasteiger partial charge in [-0.2, -0.15) is 0 Å². The number of imidazole rings is 1. The molecule has 0 spiro atoms. The summed E-state index contributed by atoms with van der Waals surface area (Å²) in [7, 11) is 0. The maximum Gasteiger partial charge on any atom is 0.233 e. The van der Waals surface area contributed by atoms with E-state index >= 15 is 0 Å². The largest absolute Gasteiger partial charge is 0.343 e. The second-order valence-electron chi connectivity index (χ2n) is 5.32. The summed E-state index contributed by atoms with van der Waals surface area (Å²) in [5.41, 5.74) is 1.83. The van der Waals surface area contributed by atoms with Crippen molar-refractivity contribution >= 4 is 58.0 Å². The van der Waals surface area contributed by atoms with E-state index in [4.69, 9.17) is 11.6 Å². The minimum atomic E-state index is 0.132. The fraction of sp³-hybridized carbons (Fsp3) is 0.375. The van der Waals surface area contributed by atoms with Gasteiger partial charge in [0.1, 0.15) is 5.65 Å². The Hall–Kier alpha value is -1.29. The Balaban J connectivity index is 1.53. The van der Waals surface area contributed by atoms with Crippen LogP contribution in [0.15, 0.2) is 33.2 Å².